The Hall–Kier alpha value is -1.36. The number of benzene rings is 1. The van der Waals surface area contributed by atoms with Gasteiger partial charge in [0.15, 0.2) is 0 Å². The smallest absolute Gasteiger partial charge is 0.261 e. The van der Waals surface area contributed by atoms with Crippen LogP contribution in [0.3, 0.4) is 0 Å². The van der Waals surface area contributed by atoms with Crippen LogP contribution in [0.15, 0.2) is 34.9 Å². The summed E-state index contributed by atoms with van der Waals surface area (Å²) in [5.41, 5.74) is 1.99. The van der Waals surface area contributed by atoms with Crippen molar-refractivity contribution >= 4 is 35.8 Å². The molecule has 0 spiro atoms. The van der Waals surface area contributed by atoms with E-state index < -0.39 is 0 Å². The van der Waals surface area contributed by atoms with Crippen LogP contribution in [0.4, 0.5) is 0 Å². The maximum absolute atomic E-state index is 12.1. The normalized spacial score (nSPS) is 16.9. The number of hydrogen-bond donors (Lipinski definition) is 1. The molecule has 1 aromatic carbocycles. The van der Waals surface area contributed by atoms with Gasteiger partial charge in [-0.3, -0.25) is 14.5 Å². The molecule has 3 rings (SSSR count). The number of nitrogens with zero attached hydrogens (tertiary/aromatic N) is 1. The summed E-state index contributed by atoms with van der Waals surface area (Å²) in [5, 5.41) is 3.66. The molecule has 0 atom stereocenters. The van der Waals surface area contributed by atoms with Gasteiger partial charge in [-0.15, -0.1) is 12.4 Å². The van der Waals surface area contributed by atoms with Crippen LogP contribution < -0.4 is 5.32 Å². The van der Waals surface area contributed by atoms with Gasteiger partial charge in [-0.1, -0.05) is 23.7 Å². The average molecular weight is 299 g/mol. The van der Waals surface area contributed by atoms with Crippen LogP contribution in [-0.2, 0) is 0 Å². The fraction of sp³-hybridized carbons (Fsp3) is 0.231. The number of imide groups is 1. The van der Waals surface area contributed by atoms with Crippen molar-refractivity contribution in [1.82, 2.24) is 10.2 Å². The third kappa shape index (κ3) is 2.27. The van der Waals surface area contributed by atoms with Crippen LogP contribution in [0.5, 0.6) is 0 Å². The largest absolute Gasteiger partial charge is 0.309 e. The summed E-state index contributed by atoms with van der Waals surface area (Å²) in [6.45, 7) is 1.65. The lowest BCUT2D eigenvalue weighted by atomic mass is 10.1. The summed E-state index contributed by atoms with van der Waals surface area (Å²) in [4.78, 5) is 25.4. The number of amides is 2. The summed E-state index contributed by atoms with van der Waals surface area (Å²) < 4.78 is 0. The molecule has 0 radical (unpaired) electrons. The molecule has 0 unspecified atom stereocenters. The van der Waals surface area contributed by atoms with Gasteiger partial charge in [0.05, 0.1) is 17.7 Å². The van der Waals surface area contributed by atoms with Crippen LogP contribution in [0.1, 0.15) is 20.7 Å². The highest BCUT2D eigenvalue weighted by Gasteiger charge is 2.35. The fourth-order valence-electron chi connectivity index (χ4n) is 2.08. The van der Waals surface area contributed by atoms with Crippen molar-refractivity contribution in [3.8, 4) is 0 Å². The van der Waals surface area contributed by atoms with Gasteiger partial charge in [-0.2, -0.15) is 0 Å². The van der Waals surface area contributed by atoms with Crippen molar-refractivity contribution in [3.05, 3.63) is 46.0 Å². The number of fused-ring (bicyclic) bond motifs is 1. The zero-order valence-corrected chi connectivity index (χ0v) is 11.6. The van der Waals surface area contributed by atoms with Crippen LogP contribution in [0.2, 0.25) is 0 Å². The number of carbonyl (C=O) groups is 2. The molecule has 19 heavy (non-hydrogen) atoms. The Morgan fingerprint density at radius 2 is 1.68 bits per heavy atom. The van der Waals surface area contributed by atoms with Gasteiger partial charge < -0.3 is 5.32 Å². The third-order valence-corrected chi connectivity index (χ3v) is 3.62. The van der Waals surface area contributed by atoms with Crippen molar-refractivity contribution in [2.75, 3.05) is 19.6 Å². The highest BCUT2D eigenvalue weighted by molar-refractivity contribution is 6.31. The molecule has 0 aromatic heterocycles. The van der Waals surface area contributed by atoms with Gasteiger partial charge in [0.1, 0.15) is 0 Å². The number of rotatable bonds is 2. The van der Waals surface area contributed by atoms with Crippen molar-refractivity contribution < 1.29 is 9.59 Å². The van der Waals surface area contributed by atoms with Gasteiger partial charge in [0, 0.05) is 18.1 Å². The van der Waals surface area contributed by atoms with Crippen molar-refractivity contribution in [1.29, 1.82) is 0 Å². The standard InChI is InChI=1S/C13H11ClN2O2.ClH/c14-11(8-5-15-6-8)7-16-12(17)9-3-1-2-4-10(9)13(16)18;/h1-4,15H,5-7H2;1H. The predicted molar refractivity (Wildman–Crippen MR) is 74.8 cm³/mol. The SMILES string of the molecule is Cl.O=C1c2ccccc2C(=O)N1CC(Cl)=C1CNC1. The van der Waals surface area contributed by atoms with Gasteiger partial charge in [0.25, 0.3) is 11.8 Å². The minimum absolute atomic E-state index is 0. The van der Waals surface area contributed by atoms with Crippen molar-refractivity contribution in [2.45, 2.75) is 0 Å². The van der Waals surface area contributed by atoms with Gasteiger partial charge in [-0.25, -0.2) is 0 Å². The Bertz CT molecular complexity index is 543. The maximum Gasteiger partial charge on any atom is 0.261 e. The van der Waals surface area contributed by atoms with Gasteiger partial charge >= 0.3 is 0 Å². The van der Waals surface area contributed by atoms with E-state index in [2.05, 4.69) is 5.32 Å². The number of hydrogen-bond acceptors (Lipinski definition) is 3. The molecule has 4 nitrogen and oxygen atoms in total. The lowest BCUT2D eigenvalue weighted by molar-refractivity contribution is 0.0670. The Morgan fingerprint density at radius 1 is 1.16 bits per heavy atom. The second-order valence-electron chi connectivity index (χ2n) is 4.35. The highest BCUT2D eigenvalue weighted by atomic mass is 35.5. The molecule has 0 saturated carbocycles. The molecule has 2 amide bonds. The van der Waals surface area contributed by atoms with Crippen LogP contribution in [0, 0.1) is 0 Å². The average Bonchev–Trinajstić information content (AvgIpc) is 2.53. The van der Waals surface area contributed by atoms with Gasteiger partial charge in [0.2, 0.25) is 0 Å². The molecular formula is C13H12Cl2N2O2. The van der Waals surface area contributed by atoms with E-state index in [9.17, 15) is 9.59 Å². The van der Waals surface area contributed by atoms with Gasteiger partial charge in [-0.05, 0) is 17.7 Å². The van der Waals surface area contributed by atoms with Crippen LogP contribution >= 0.6 is 24.0 Å². The van der Waals surface area contributed by atoms with Crippen molar-refractivity contribution in [2.24, 2.45) is 0 Å². The van der Waals surface area contributed by atoms with E-state index in [4.69, 9.17) is 11.6 Å². The summed E-state index contributed by atoms with van der Waals surface area (Å²) in [6.07, 6.45) is 0. The Kier molecular flexibility index (Phi) is 3.94. The molecule has 1 fully saturated rings. The maximum atomic E-state index is 12.1. The van der Waals surface area contributed by atoms with E-state index in [-0.39, 0.29) is 30.8 Å². The van der Waals surface area contributed by atoms with E-state index in [0.29, 0.717) is 16.2 Å². The Labute approximate surface area is 121 Å². The highest BCUT2D eigenvalue weighted by Crippen LogP contribution is 2.25. The minimum Gasteiger partial charge on any atom is -0.309 e. The Morgan fingerprint density at radius 3 is 2.11 bits per heavy atom. The van der Waals surface area contributed by atoms with Crippen molar-refractivity contribution in [3.63, 3.8) is 0 Å². The number of halogens is 2. The summed E-state index contributed by atoms with van der Waals surface area (Å²) in [6, 6.07) is 6.84. The minimum atomic E-state index is -0.262. The first-order chi connectivity index (χ1) is 8.68. The number of nitrogens with one attached hydrogen (secondary N) is 1. The lowest BCUT2D eigenvalue weighted by Gasteiger charge is -2.22. The van der Waals surface area contributed by atoms with Crippen LogP contribution in [-0.4, -0.2) is 36.3 Å². The molecule has 100 valence electrons. The zero-order valence-electron chi connectivity index (χ0n) is 9.98. The topological polar surface area (TPSA) is 49.4 Å². The zero-order chi connectivity index (χ0) is 12.7. The first kappa shape index (κ1) is 14.1. The van der Waals surface area contributed by atoms with E-state index in [1.165, 1.54) is 4.90 Å². The van der Waals surface area contributed by atoms with Crippen LogP contribution in [0.25, 0.3) is 0 Å². The van der Waals surface area contributed by atoms with E-state index in [1.54, 1.807) is 24.3 Å². The lowest BCUT2D eigenvalue weighted by Crippen LogP contribution is -2.37. The quantitative estimate of drug-likeness (QED) is 0.847. The van der Waals surface area contributed by atoms with E-state index in [1.807, 2.05) is 0 Å². The number of carbonyl (C=O) groups excluding carboxylic acids is 2. The molecule has 1 N–H and O–H groups in total. The Balaban J connectivity index is 0.00000133. The molecule has 0 bridgehead atoms. The first-order valence-corrected chi connectivity index (χ1v) is 6.08. The fourth-order valence-corrected chi connectivity index (χ4v) is 2.33. The first-order valence-electron chi connectivity index (χ1n) is 5.71. The monoisotopic (exact) mass is 298 g/mol. The van der Waals surface area contributed by atoms with E-state index >= 15 is 0 Å². The molecular weight excluding hydrogens is 287 g/mol. The summed E-state index contributed by atoms with van der Waals surface area (Å²) >= 11 is 6.13. The molecule has 2 aliphatic heterocycles. The van der Waals surface area contributed by atoms with E-state index in [0.717, 1.165) is 18.7 Å². The second kappa shape index (κ2) is 5.33. The molecule has 2 heterocycles. The molecule has 6 heteroatoms. The predicted octanol–water partition coefficient (Wildman–Crippen LogP) is 1.80. The molecule has 0 aliphatic carbocycles. The second-order valence-corrected chi connectivity index (χ2v) is 4.81. The third-order valence-electron chi connectivity index (χ3n) is 3.24. The summed E-state index contributed by atoms with van der Waals surface area (Å²) in [5.74, 6) is -0.525. The summed E-state index contributed by atoms with van der Waals surface area (Å²) in [7, 11) is 0. The molecule has 2 aliphatic rings. The molecule has 1 saturated heterocycles. The molecule has 1 aromatic rings.